The van der Waals surface area contributed by atoms with Crippen LogP contribution in [0.1, 0.15) is 22.3 Å². The molecule has 1 aliphatic carbocycles. The first-order chi connectivity index (χ1) is 34.7. The Morgan fingerprint density at radius 1 is 0.243 bits per heavy atom. The summed E-state index contributed by atoms with van der Waals surface area (Å²) in [6, 6.07) is 105. The molecule has 0 spiro atoms. The van der Waals surface area contributed by atoms with Crippen molar-refractivity contribution in [2.45, 2.75) is 5.41 Å². The van der Waals surface area contributed by atoms with Gasteiger partial charge in [0.2, 0.25) is 0 Å². The quantitative estimate of drug-likeness (QED) is 0.140. The molecule has 0 aliphatic heterocycles. The van der Waals surface area contributed by atoms with Gasteiger partial charge in [0.25, 0.3) is 0 Å². The Hall–Kier alpha value is -9.04. The van der Waals surface area contributed by atoms with Gasteiger partial charge in [-0.15, -0.1) is 0 Å². The van der Waals surface area contributed by atoms with Gasteiger partial charge in [0.05, 0.1) is 11.1 Å². The molecule has 0 N–H and O–H groups in total. The van der Waals surface area contributed by atoms with Crippen molar-refractivity contribution in [3.8, 4) is 55.6 Å². The highest BCUT2D eigenvalue weighted by molar-refractivity contribution is 6.01. The number of fused-ring (bicyclic) bond motifs is 5. The maximum atomic E-state index is 2.47. The molecule has 0 fully saturated rings. The zero-order valence-corrected chi connectivity index (χ0v) is 38.6. The Bertz CT molecular complexity index is 3620. The fourth-order valence-electron chi connectivity index (χ4n) is 11.3. The highest BCUT2D eigenvalue weighted by atomic mass is 15.1. The third-order valence-electron chi connectivity index (χ3n) is 14.6. The fraction of sp³-hybridized carbons (Fsp3) is 0.0145. The molecule has 0 unspecified atom stereocenters. The van der Waals surface area contributed by atoms with Gasteiger partial charge in [-0.05, 0) is 124 Å². The Labute approximate surface area is 409 Å². The minimum atomic E-state index is -0.617. The van der Waals surface area contributed by atoms with Crippen LogP contribution in [0, 0.1) is 0 Å². The SMILES string of the molecule is c1ccc(-c2ccc(C3(c4ccc(-c5ccccc5)cc4)c4ccccc4-c4c(N(c5ccc(-c6cccc7ccccc67)cc5)c5ccc(-c6cccc7ccccc67)cc5)cccc43)cc2)cc1. The number of rotatable bonds is 9. The third-order valence-corrected chi connectivity index (χ3v) is 14.6. The first-order valence-electron chi connectivity index (χ1n) is 24.2. The molecule has 0 saturated heterocycles. The van der Waals surface area contributed by atoms with Gasteiger partial charge >= 0.3 is 0 Å². The van der Waals surface area contributed by atoms with Gasteiger partial charge in [-0.25, -0.2) is 0 Å². The van der Waals surface area contributed by atoms with Gasteiger partial charge in [-0.3, -0.25) is 0 Å². The normalized spacial score (nSPS) is 12.4. The summed E-state index contributed by atoms with van der Waals surface area (Å²) < 4.78 is 0. The first kappa shape index (κ1) is 41.2. The molecule has 328 valence electrons. The van der Waals surface area contributed by atoms with Crippen LogP contribution in [0.5, 0.6) is 0 Å². The molecule has 0 aromatic heterocycles. The second kappa shape index (κ2) is 17.2. The van der Waals surface area contributed by atoms with Crippen LogP contribution in [0.25, 0.3) is 77.2 Å². The molecule has 0 saturated carbocycles. The predicted octanol–water partition coefficient (Wildman–Crippen LogP) is 18.5. The van der Waals surface area contributed by atoms with Crippen LogP contribution in [0.15, 0.2) is 285 Å². The monoisotopic (exact) mass is 889 g/mol. The van der Waals surface area contributed by atoms with Gasteiger partial charge in [0.1, 0.15) is 0 Å². The van der Waals surface area contributed by atoms with Crippen LogP contribution in [-0.2, 0) is 5.41 Å². The largest absolute Gasteiger partial charge is 0.310 e. The molecule has 12 aromatic carbocycles. The van der Waals surface area contributed by atoms with Gasteiger partial charge in [-0.2, -0.15) is 0 Å². The minimum Gasteiger partial charge on any atom is -0.310 e. The number of anilines is 3. The predicted molar refractivity (Wildman–Crippen MR) is 295 cm³/mol. The lowest BCUT2D eigenvalue weighted by atomic mass is 9.67. The van der Waals surface area contributed by atoms with Gasteiger partial charge in [0, 0.05) is 16.9 Å². The van der Waals surface area contributed by atoms with Gasteiger partial charge < -0.3 is 4.90 Å². The summed E-state index contributed by atoms with van der Waals surface area (Å²) in [6.07, 6.45) is 0. The number of benzene rings is 12. The summed E-state index contributed by atoms with van der Waals surface area (Å²) in [6.45, 7) is 0. The van der Waals surface area contributed by atoms with Crippen LogP contribution in [-0.4, -0.2) is 0 Å². The number of hydrogen-bond acceptors (Lipinski definition) is 1. The molecule has 0 amide bonds. The molecule has 1 aliphatic rings. The lowest BCUT2D eigenvalue weighted by molar-refractivity contribution is 0.769. The van der Waals surface area contributed by atoms with Crippen molar-refractivity contribution in [2.75, 3.05) is 4.90 Å². The van der Waals surface area contributed by atoms with E-state index in [0.29, 0.717) is 0 Å². The van der Waals surface area contributed by atoms with E-state index in [9.17, 15) is 0 Å². The van der Waals surface area contributed by atoms with Gasteiger partial charge in [-0.1, -0.05) is 255 Å². The third kappa shape index (κ3) is 6.86. The van der Waals surface area contributed by atoms with Crippen LogP contribution in [0.4, 0.5) is 17.1 Å². The summed E-state index contributed by atoms with van der Waals surface area (Å²) >= 11 is 0. The average Bonchev–Trinajstić information content (AvgIpc) is 3.75. The fourth-order valence-corrected chi connectivity index (χ4v) is 11.3. The molecule has 1 heteroatoms. The lowest BCUT2D eigenvalue weighted by Crippen LogP contribution is -2.28. The van der Waals surface area contributed by atoms with Crippen molar-refractivity contribution >= 4 is 38.6 Å². The van der Waals surface area contributed by atoms with Crippen LogP contribution >= 0.6 is 0 Å². The first-order valence-corrected chi connectivity index (χ1v) is 24.2. The van der Waals surface area contributed by atoms with Crippen molar-refractivity contribution in [3.05, 3.63) is 307 Å². The van der Waals surface area contributed by atoms with E-state index in [4.69, 9.17) is 0 Å². The van der Waals surface area contributed by atoms with Crippen LogP contribution in [0.2, 0.25) is 0 Å². The lowest BCUT2D eigenvalue weighted by Gasteiger charge is -2.35. The highest BCUT2D eigenvalue weighted by Gasteiger charge is 2.47. The van der Waals surface area contributed by atoms with Crippen molar-refractivity contribution in [1.29, 1.82) is 0 Å². The Morgan fingerprint density at radius 2 is 0.614 bits per heavy atom. The maximum absolute atomic E-state index is 2.47. The average molecular weight is 890 g/mol. The summed E-state index contributed by atoms with van der Waals surface area (Å²) in [5.41, 5.74) is 19.8. The van der Waals surface area contributed by atoms with Crippen molar-refractivity contribution in [2.24, 2.45) is 0 Å². The zero-order chi connectivity index (χ0) is 46.4. The maximum Gasteiger partial charge on any atom is 0.0714 e. The minimum absolute atomic E-state index is 0.617. The summed E-state index contributed by atoms with van der Waals surface area (Å²) in [5.74, 6) is 0. The second-order valence-electron chi connectivity index (χ2n) is 18.4. The Kier molecular flexibility index (Phi) is 10.1. The topological polar surface area (TPSA) is 3.24 Å². The molecule has 12 aromatic rings. The van der Waals surface area contributed by atoms with Crippen molar-refractivity contribution in [3.63, 3.8) is 0 Å². The van der Waals surface area contributed by atoms with Crippen molar-refractivity contribution < 1.29 is 0 Å². The summed E-state index contributed by atoms with van der Waals surface area (Å²) in [5, 5.41) is 4.98. The van der Waals surface area contributed by atoms with E-state index in [1.165, 1.54) is 99.4 Å². The highest BCUT2D eigenvalue weighted by Crippen LogP contribution is 2.60. The van der Waals surface area contributed by atoms with Crippen molar-refractivity contribution in [1.82, 2.24) is 0 Å². The van der Waals surface area contributed by atoms with E-state index in [1.54, 1.807) is 0 Å². The number of hydrogen-bond donors (Lipinski definition) is 0. The van der Waals surface area contributed by atoms with E-state index >= 15 is 0 Å². The molecule has 1 nitrogen and oxygen atoms in total. The standard InChI is InChI=1S/C69H47N/c1-3-16-48(17-4-1)50-32-40-56(41-33-50)69(57-42-34-51(35-43-57)49-18-5-2-6-19-49)65-29-12-11-26-64(65)68-66(69)30-15-31-67(68)70(58-44-36-54(37-45-58)62-27-13-22-52-20-7-9-24-60(52)62)59-46-38-55(39-47-59)63-28-14-23-53-21-8-10-25-61(53)63/h1-47H. The number of nitrogens with zero attached hydrogens (tertiary/aromatic N) is 1. The summed E-state index contributed by atoms with van der Waals surface area (Å²) in [4.78, 5) is 2.47. The molecular formula is C69H47N. The zero-order valence-electron chi connectivity index (χ0n) is 38.6. The van der Waals surface area contributed by atoms with Crippen LogP contribution < -0.4 is 4.90 Å². The molecule has 0 atom stereocenters. The van der Waals surface area contributed by atoms with E-state index in [2.05, 4.69) is 290 Å². The Balaban J connectivity index is 1.02. The molecule has 0 bridgehead atoms. The molecule has 0 radical (unpaired) electrons. The summed E-state index contributed by atoms with van der Waals surface area (Å²) in [7, 11) is 0. The van der Waals surface area contributed by atoms with Gasteiger partial charge in [0.15, 0.2) is 0 Å². The Morgan fingerprint density at radius 3 is 1.13 bits per heavy atom. The van der Waals surface area contributed by atoms with E-state index in [1.807, 2.05) is 0 Å². The van der Waals surface area contributed by atoms with Crippen LogP contribution in [0.3, 0.4) is 0 Å². The smallest absolute Gasteiger partial charge is 0.0714 e. The molecule has 0 heterocycles. The van der Waals surface area contributed by atoms with E-state index < -0.39 is 5.41 Å². The van der Waals surface area contributed by atoms with E-state index in [-0.39, 0.29) is 0 Å². The molecule has 70 heavy (non-hydrogen) atoms. The second-order valence-corrected chi connectivity index (χ2v) is 18.4. The molecular weight excluding hydrogens is 843 g/mol. The molecule has 13 rings (SSSR count). The van der Waals surface area contributed by atoms with E-state index in [0.717, 1.165) is 17.1 Å².